The standard InChI is InChI=1S/C10H7ClN4O/c11-10-14-5-13-9(15-10)7-3-1-2-6(4-7)8(12)16/h1-5H,(H2,12,16). The lowest BCUT2D eigenvalue weighted by atomic mass is 10.1. The lowest BCUT2D eigenvalue weighted by Crippen LogP contribution is -2.10. The number of benzene rings is 1. The summed E-state index contributed by atoms with van der Waals surface area (Å²) < 4.78 is 0. The van der Waals surface area contributed by atoms with Crippen molar-refractivity contribution in [2.45, 2.75) is 0 Å². The van der Waals surface area contributed by atoms with Crippen molar-refractivity contribution in [3.8, 4) is 11.4 Å². The Balaban J connectivity index is 2.48. The van der Waals surface area contributed by atoms with Crippen molar-refractivity contribution >= 4 is 17.5 Å². The number of rotatable bonds is 2. The molecule has 1 aromatic carbocycles. The molecule has 1 aromatic heterocycles. The van der Waals surface area contributed by atoms with E-state index in [1.54, 1.807) is 24.3 Å². The molecule has 0 saturated heterocycles. The Hall–Kier alpha value is -2.01. The summed E-state index contributed by atoms with van der Waals surface area (Å²) >= 11 is 5.64. The zero-order valence-corrected chi connectivity index (χ0v) is 8.85. The summed E-state index contributed by atoms with van der Waals surface area (Å²) in [5.41, 5.74) is 6.24. The van der Waals surface area contributed by atoms with E-state index < -0.39 is 5.91 Å². The number of amides is 1. The van der Waals surface area contributed by atoms with Crippen LogP contribution in [0, 0.1) is 0 Å². The molecule has 0 radical (unpaired) electrons. The van der Waals surface area contributed by atoms with Crippen LogP contribution in [-0.4, -0.2) is 20.9 Å². The summed E-state index contributed by atoms with van der Waals surface area (Å²) in [5, 5.41) is 0.106. The third-order valence-electron chi connectivity index (χ3n) is 1.95. The van der Waals surface area contributed by atoms with Crippen molar-refractivity contribution < 1.29 is 4.79 Å². The molecular formula is C10H7ClN4O. The molecule has 2 N–H and O–H groups in total. The first-order chi connectivity index (χ1) is 7.66. The Labute approximate surface area is 96.3 Å². The van der Waals surface area contributed by atoms with Crippen molar-refractivity contribution in [2.75, 3.05) is 0 Å². The van der Waals surface area contributed by atoms with Crippen LogP contribution in [0.4, 0.5) is 0 Å². The van der Waals surface area contributed by atoms with Crippen molar-refractivity contribution in [3.63, 3.8) is 0 Å². The van der Waals surface area contributed by atoms with Gasteiger partial charge in [0.05, 0.1) is 0 Å². The number of primary amides is 1. The second-order valence-corrected chi connectivity index (χ2v) is 3.36. The molecule has 0 spiro atoms. The molecule has 5 nitrogen and oxygen atoms in total. The van der Waals surface area contributed by atoms with Gasteiger partial charge in [-0.05, 0) is 23.7 Å². The van der Waals surface area contributed by atoms with Gasteiger partial charge < -0.3 is 5.73 Å². The lowest BCUT2D eigenvalue weighted by Gasteiger charge is -2.01. The van der Waals surface area contributed by atoms with E-state index in [2.05, 4.69) is 15.0 Å². The fourth-order valence-electron chi connectivity index (χ4n) is 1.23. The normalized spacial score (nSPS) is 10.1. The quantitative estimate of drug-likeness (QED) is 0.849. The third kappa shape index (κ3) is 2.14. The van der Waals surface area contributed by atoms with Crippen LogP contribution < -0.4 is 5.73 Å². The van der Waals surface area contributed by atoms with Crippen LogP contribution in [0.2, 0.25) is 5.28 Å². The zero-order valence-electron chi connectivity index (χ0n) is 8.09. The van der Waals surface area contributed by atoms with Gasteiger partial charge in [0.25, 0.3) is 0 Å². The maximum Gasteiger partial charge on any atom is 0.248 e. The first-order valence-electron chi connectivity index (χ1n) is 4.41. The van der Waals surface area contributed by atoms with E-state index in [9.17, 15) is 4.79 Å². The molecule has 80 valence electrons. The molecule has 0 aliphatic carbocycles. The van der Waals surface area contributed by atoms with Gasteiger partial charge in [0.15, 0.2) is 5.82 Å². The fraction of sp³-hybridized carbons (Fsp3) is 0. The first kappa shape index (κ1) is 10.5. The molecule has 1 heterocycles. The lowest BCUT2D eigenvalue weighted by molar-refractivity contribution is 0.100. The van der Waals surface area contributed by atoms with Gasteiger partial charge in [-0.1, -0.05) is 12.1 Å². The van der Waals surface area contributed by atoms with E-state index in [0.717, 1.165) is 0 Å². The SMILES string of the molecule is NC(=O)c1cccc(-c2ncnc(Cl)n2)c1. The second-order valence-electron chi connectivity index (χ2n) is 3.02. The maximum absolute atomic E-state index is 11.0. The minimum Gasteiger partial charge on any atom is -0.366 e. The first-order valence-corrected chi connectivity index (χ1v) is 4.79. The van der Waals surface area contributed by atoms with Gasteiger partial charge in [-0.2, -0.15) is 4.98 Å². The molecule has 6 heteroatoms. The number of hydrogen-bond acceptors (Lipinski definition) is 4. The van der Waals surface area contributed by atoms with E-state index in [1.165, 1.54) is 6.33 Å². The highest BCUT2D eigenvalue weighted by molar-refractivity contribution is 6.28. The molecule has 0 aliphatic rings. The number of nitrogens with two attached hydrogens (primary N) is 1. The van der Waals surface area contributed by atoms with Gasteiger partial charge >= 0.3 is 0 Å². The van der Waals surface area contributed by atoms with Crippen LogP contribution in [0.3, 0.4) is 0 Å². The highest BCUT2D eigenvalue weighted by Gasteiger charge is 2.05. The molecule has 1 amide bonds. The predicted molar refractivity (Wildman–Crippen MR) is 58.8 cm³/mol. The Morgan fingerprint density at radius 3 is 2.81 bits per heavy atom. The van der Waals surface area contributed by atoms with E-state index >= 15 is 0 Å². The molecule has 0 fully saturated rings. The second kappa shape index (κ2) is 4.24. The van der Waals surface area contributed by atoms with Gasteiger partial charge in [-0.3, -0.25) is 4.79 Å². The maximum atomic E-state index is 11.0. The summed E-state index contributed by atoms with van der Waals surface area (Å²) in [4.78, 5) is 22.6. The number of hydrogen-bond donors (Lipinski definition) is 1. The Morgan fingerprint density at radius 1 is 1.31 bits per heavy atom. The molecular weight excluding hydrogens is 228 g/mol. The summed E-state index contributed by atoms with van der Waals surface area (Å²) in [6.07, 6.45) is 1.31. The average Bonchev–Trinajstić information content (AvgIpc) is 2.29. The molecule has 2 rings (SSSR count). The van der Waals surface area contributed by atoms with Crippen LogP contribution in [0.15, 0.2) is 30.6 Å². The molecule has 0 atom stereocenters. The largest absolute Gasteiger partial charge is 0.366 e. The van der Waals surface area contributed by atoms with Crippen LogP contribution in [-0.2, 0) is 0 Å². The van der Waals surface area contributed by atoms with Gasteiger partial charge in [0.1, 0.15) is 6.33 Å². The van der Waals surface area contributed by atoms with Gasteiger partial charge in [0, 0.05) is 11.1 Å². The summed E-state index contributed by atoms with van der Waals surface area (Å²) in [5.74, 6) is -0.0925. The number of halogens is 1. The minimum absolute atomic E-state index is 0.106. The van der Waals surface area contributed by atoms with Crippen LogP contribution in [0.5, 0.6) is 0 Å². The number of nitrogens with zero attached hydrogens (tertiary/aromatic N) is 3. The Morgan fingerprint density at radius 2 is 2.12 bits per heavy atom. The van der Waals surface area contributed by atoms with E-state index in [0.29, 0.717) is 17.0 Å². The summed E-state index contributed by atoms with van der Waals surface area (Å²) in [6.45, 7) is 0. The molecule has 0 aliphatic heterocycles. The van der Waals surface area contributed by atoms with Gasteiger partial charge in [-0.25, -0.2) is 9.97 Å². The van der Waals surface area contributed by atoms with E-state index in [-0.39, 0.29) is 5.28 Å². The van der Waals surface area contributed by atoms with Crippen LogP contribution in [0.25, 0.3) is 11.4 Å². The number of carbonyl (C=O) groups excluding carboxylic acids is 1. The van der Waals surface area contributed by atoms with Crippen LogP contribution >= 0.6 is 11.6 Å². The smallest absolute Gasteiger partial charge is 0.248 e. The highest BCUT2D eigenvalue weighted by Crippen LogP contribution is 2.16. The molecule has 2 aromatic rings. The Kier molecular flexibility index (Phi) is 2.78. The van der Waals surface area contributed by atoms with Gasteiger partial charge in [-0.15, -0.1) is 0 Å². The van der Waals surface area contributed by atoms with E-state index in [1.807, 2.05) is 0 Å². The summed E-state index contributed by atoms with van der Waals surface area (Å²) in [6, 6.07) is 6.69. The van der Waals surface area contributed by atoms with Gasteiger partial charge in [0.2, 0.25) is 11.2 Å². The van der Waals surface area contributed by atoms with E-state index in [4.69, 9.17) is 17.3 Å². The van der Waals surface area contributed by atoms with Crippen molar-refractivity contribution in [1.82, 2.24) is 15.0 Å². The topological polar surface area (TPSA) is 81.8 Å². The number of carbonyl (C=O) groups is 1. The Bertz CT molecular complexity index is 544. The summed E-state index contributed by atoms with van der Waals surface area (Å²) in [7, 11) is 0. The average molecular weight is 235 g/mol. The minimum atomic E-state index is -0.498. The molecule has 0 unspecified atom stereocenters. The van der Waals surface area contributed by atoms with Crippen LogP contribution in [0.1, 0.15) is 10.4 Å². The third-order valence-corrected chi connectivity index (χ3v) is 2.13. The number of aromatic nitrogens is 3. The monoisotopic (exact) mass is 234 g/mol. The van der Waals surface area contributed by atoms with Crippen molar-refractivity contribution in [2.24, 2.45) is 5.73 Å². The molecule has 16 heavy (non-hydrogen) atoms. The molecule has 0 saturated carbocycles. The molecule has 0 bridgehead atoms. The van der Waals surface area contributed by atoms with Crippen molar-refractivity contribution in [1.29, 1.82) is 0 Å². The fourth-order valence-corrected chi connectivity index (χ4v) is 1.35. The highest BCUT2D eigenvalue weighted by atomic mass is 35.5. The zero-order chi connectivity index (χ0) is 11.5. The van der Waals surface area contributed by atoms with Crippen molar-refractivity contribution in [3.05, 3.63) is 41.4 Å². The predicted octanol–water partition coefficient (Wildman–Crippen LogP) is 1.29.